The number of nitrogens with zero attached hydrogens (tertiary/aromatic N) is 2. The number of thiophene rings is 1. The Morgan fingerprint density at radius 3 is 2.88 bits per heavy atom. The average molecular weight is 251 g/mol. The number of nitrogens with one attached hydrogen (secondary N) is 1. The summed E-state index contributed by atoms with van der Waals surface area (Å²) in [6.07, 6.45) is 1.61. The van der Waals surface area contributed by atoms with Gasteiger partial charge >= 0.3 is 5.97 Å². The van der Waals surface area contributed by atoms with Gasteiger partial charge in [0.1, 0.15) is 4.88 Å². The Morgan fingerprint density at radius 2 is 2.29 bits per heavy atom. The molecule has 2 aromatic heterocycles. The highest BCUT2D eigenvalue weighted by Crippen LogP contribution is 2.18. The smallest absolute Gasteiger partial charge is 0.345 e. The molecule has 6 nitrogen and oxygen atoms in total. The highest BCUT2D eigenvalue weighted by atomic mass is 32.1. The standard InChI is InChI=1S/C10H9N3O3S/c1-11-9(14)7-2-3-13(12-7)6-4-8(10(15)16)17-5-6/h2-5H,1H3,(H,11,14)(H,15,16). The maximum Gasteiger partial charge on any atom is 0.345 e. The third-order valence-corrected chi connectivity index (χ3v) is 3.02. The van der Waals surface area contributed by atoms with E-state index in [9.17, 15) is 9.59 Å². The van der Waals surface area contributed by atoms with Crippen LogP contribution >= 0.6 is 11.3 Å². The number of carboxylic acids is 1. The second-order valence-electron chi connectivity index (χ2n) is 3.20. The largest absolute Gasteiger partial charge is 0.477 e. The van der Waals surface area contributed by atoms with Crippen LogP contribution in [0.2, 0.25) is 0 Å². The minimum Gasteiger partial charge on any atom is -0.477 e. The summed E-state index contributed by atoms with van der Waals surface area (Å²) in [6.45, 7) is 0. The van der Waals surface area contributed by atoms with Crippen molar-refractivity contribution in [2.75, 3.05) is 7.05 Å². The Hall–Kier alpha value is -2.15. The number of aromatic nitrogens is 2. The van der Waals surface area contributed by atoms with Gasteiger partial charge in [0.15, 0.2) is 5.69 Å². The van der Waals surface area contributed by atoms with Crippen molar-refractivity contribution in [2.45, 2.75) is 0 Å². The zero-order valence-corrected chi connectivity index (χ0v) is 9.69. The fraction of sp³-hybridized carbons (Fsp3) is 0.100. The number of carbonyl (C=O) groups excluding carboxylic acids is 1. The molecule has 1 amide bonds. The average Bonchev–Trinajstić information content (AvgIpc) is 2.95. The van der Waals surface area contributed by atoms with E-state index in [2.05, 4.69) is 10.4 Å². The first-order chi connectivity index (χ1) is 8.11. The van der Waals surface area contributed by atoms with Crippen molar-refractivity contribution in [1.29, 1.82) is 0 Å². The molecule has 0 fully saturated rings. The molecule has 0 radical (unpaired) electrons. The predicted molar refractivity (Wildman–Crippen MR) is 61.8 cm³/mol. The van der Waals surface area contributed by atoms with E-state index in [0.717, 1.165) is 11.3 Å². The van der Waals surface area contributed by atoms with Crippen LogP contribution in [0.4, 0.5) is 0 Å². The van der Waals surface area contributed by atoms with Crippen LogP contribution in [-0.2, 0) is 0 Å². The second kappa shape index (κ2) is 4.38. The summed E-state index contributed by atoms with van der Waals surface area (Å²) in [5, 5.41) is 17.0. The lowest BCUT2D eigenvalue weighted by Gasteiger charge is -1.95. The number of amides is 1. The van der Waals surface area contributed by atoms with Gasteiger partial charge in [-0.2, -0.15) is 5.10 Å². The fourth-order valence-electron chi connectivity index (χ4n) is 1.28. The lowest BCUT2D eigenvalue weighted by atomic mass is 10.4. The van der Waals surface area contributed by atoms with Crippen molar-refractivity contribution in [3.05, 3.63) is 34.3 Å². The van der Waals surface area contributed by atoms with E-state index in [1.54, 1.807) is 17.6 Å². The van der Waals surface area contributed by atoms with Crippen LogP contribution in [0.1, 0.15) is 20.2 Å². The van der Waals surface area contributed by atoms with Crippen molar-refractivity contribution in [3.63, 3.8) is 0 Å². The molecule has 0 aliphatic carbocycles. The normalized spacial score (nSPS) is 10.2. The van der Waals surface area contributed by atoms with Crippen LogP contribution in [0, 0.1) is 0 Å². The lowest BCUT2D eigenvalue weighted by molar-refractivity contribution is 0.0702. The summed E-state index contributed by atoms with van der Waals surface area (Å²) >= 11 is 1.11. The number of carboxylic acid groups (broad SMARTS) is 1. The van der Waals surface area contributed by atoms with Gasteiger partial charge in [0.05, 0.1) is 5.69 Å². The monoisotopic (exact) mass is 251 g/mol. The van der Waals surface area contributed by atoms with Crippen LogP contribution in [0.15, 0.2) is 23.7 Å². The van der Waals surface area contributed by atoms with Crippen LogP contribution in [0.5, 0.6) is 0 Å². The number of hydrogen-bond acceptors (Lipinski definition) is 4. The van der Waals surface area contributed by atoms with E-state index < -0.39 is 5.97 Å². The maximum atomic E-state index is 11.3. The molecular weight excluding hydrogens is 242 g/mol. The number of carbonyl (C=O) groups is 2. The molecule has 0 atom stereocenters. The highest BCUT2D eigenvalue weighted by molar-refractivity contribution is 7.12. The molecular formula is C10H9N3O3S. The van der Waals surface area contributed by atoms with E-state index in [4.69, 9.17) is 5.11 Å². The molecule has 7 heteroatoms. The van der Waals surface area contributed by atoms with E-state index >= 15 is 0 Å². The molecule has 17 heavy (non-hydrogen) atoms. The van der Waals surface area contributed by atoms with Gasteiger partial charge < -0.3 is 10.4 Å². The Morgan fingerprint density at radius 1 is 1.53 bits per heavy atom. The number of hydrogen-bond donors (Lipinski definition) is 2. The molecule has 0 unspecified atom stereocenters. The summed E-state index contributed by atoms with van der Waals surface area (Å²) < 4.78 is 1.47. The van der Waals surface area contributed by atoms with Crippen molar-refractivity contribution in [2.24, 2.45) is 0 Å². The highest BCUT2D eigenvalue weighted by Gasteiger charge is 2.11. The van der Waals surface area contributed by atoms with Crippen molar-refractivity contribution < 1.29 is 14.7 Å². The van der Waals surface area contributed by atoms with Gasteiger partial charge in [0.25, 0.3) is 5.91 Å². The van der Waals surface area contributed by atoms with Gasteiger partial charge in [-0.1, -0.05) is 0 Å². The summed E-state index contributed by atoms with van der Waals surface area (Å²) in [4.78, 5) is 22.2. The van der Waals surface area contributed by atoms with Crippen LogP contribution in [-0.4, -0.2) is 33.8 Å². The first-order valence-corrected chi connectivity index (χ1v) is 5.59. The van der Waals surface area contributed by atoms with Gasteiger partial charge in [-0.05, 0) is 12.1 Å². The van der Waals surface area contributed by atoms with Crippen LogP contribution in [0.25, 0.3) is 5.69 Å². The Kier molecular flexibility index (Phi) is 2.92. The molecule has 0 aliphatic heterocycles. The van der Waals surface area contributed by atoms with E-state index in [0.29, 0.717) is 5.69 Å². The third kappa shape index (κ3) is 2.18. The number of rotatable bonds is 3. The first kappa shape index (κ1) is 11.3. The minimum atomic E-state index is -0.972. The third-order valence-electron chi connectivity index (χ3n) is 2.11. The van der Waals surface area contributed by atoms with E-state index in [1.165, 1.54) is 17.8 Å². The molecule has 2 N–H and O–H groups in total. The zero-order chi connectivity index (χ0) is 12.4. The summed E-state index contributed by atoms with van der Waals surface area (Å²) in [7, 11) is 1.52. The molecule has 2 heterocycles. The number of aromatic carboxylic acids is 1. The second-order valence-corrected chi connectivity index (χ2v) is 4.11. The summed E-state index contributed by atoms with van der Waals surface area (Å²) in [5.74, 6) is -1.25. The molecule has 0 spiro atoms. The van der Waals surface area contributed by atoms with Gasteiger partial charge in [-0.25, -0.2) is 9.48 Å². The van der Waals surface area contributed by atoms with Gasteiger partial charge in [-0.3, -0.25) is 4.79 Å². The van der Waals surface area contributed by atoms with Crippen LogP contribution in [0.3, 0.4) is 0 Å². The van der Waals surface area contributed by atoms with Gasteiger partial charge in [0, 0.05) is 18.6 Å². The quantitative estimate of drug-likeness (QED) is 0.852. The van der Waals surface area contributed by atoms with Crippen molar-refractivity contribution >= 4 is 23.2 Å². The van der Waals surface area contributed by atoms with Crippen molar-refractivity contribution in [3.8, 4) is 5.69 Å². The Labute approximate surface area is 100 Å². The topological polar surface area (TPSA) is 84.2 Å². The SMILES string of the molecule is CNC(=O)c1ccn(-c2csc(C(=O)O)c2)n1. The molecule has 88 valence electrons. The lowest BCUT2D eigenvalue weighted by Crippen LogP contribution is -2.18. The summed E-state index contributed by atoms with van der Waals surface area (Å²) in [6, 6.07) is 3.07. The summed E-state index contributed by atoms with van der Waals surface area (Å²) in [5.41, 5.74) is 0.915. The van der Waals surface area contributed by atoms with Gasteiger partial charge in [-0.15, -0.1) is 11.3 Å². The Bertz CT molecular complexity index is 573. The zero-order valence-electron chi connectivity index (χ0n) is 8.88. The molecule has 0 aliphatic rings. The first-order valence-electron chi connectivity index (χ1n) is 4.72. The maximum absolute atomic E-state index is 11.3. The molecule has 0 saturated carbocycles. The minimum absolute atomic E-state index is 0.233. The van der Waals surface area contributed by atoms with Gasteiger partial charge in [0.2, 0.25) is 0 Å². The molecule has 0 saturated heterocycles. The van der Waals surface area contributed by atoms with E-state index in [-0.39, 0.29) is 16.5 Å². The molecule has 2 aromatic rings. The van der Waals surface area contributed by atoms with Crippen molar-refractivity contribution in [1.82, 2.24) is 15.1 Å². The molecule has 0 aromatic carbocycles. The van der Waals surface area contributed by atoms with E-state index in [1.807, 2.05) is 0 Å². The van der Waals surface area contributed by atoms with Crippen LogP contribution < -0.4 is 5.32 Å². The molecule has 0 bridgehead atoms. The Balaban J connectivity index is 2.30. The predicted octanol–water partition coefficient (Wildman–Crippen LogP) is 0.992. The molecule has 2 rings (SSSR count). The fourth-order valence-corrected chi connectivity index (χ4v) is 1.99.